The molecule has 0 fully saturated rings. The average Bonchev–Trinajstić information content (AvgIpc) is 2.41. The van der Waals surface area contributed by atoms with Crippen molar-refractivity contribution in [3.05, 3.63) is 64.4 Å². The van der Waals surface area contributed by atoms with Crippen molar-refractivity contribution in [2.75, 3.05) is 0 Å². The van der Waals surface area contributed by atoms with Gasteiger partial charge in [-0.25, -0.2) is 4.39 Å². The highest BCUT2D eigenvalue weighted by Gasteiger charge is 2.06. The van der Waals surface area contributed by atoms with Crippen LogP contribution in [0.1, 0.15) is 11.1 Å². The maximum Gasteiger partial charge on any atom is 0.148 e. The molecule has 0 aliphatic rings. The molecule has 0 amide bonds. The van der Waals surface area contributed by atoms with E-state index in [1.54, 1.807) is 18.2 Å². The van der Waals surface area contributed by atoms with Crippen LogP contribution in [0.15, 0.2) is 42.5 Å². The zero-order valence-corrected chi connectivity index (χ0v) is 11.0. The molecule has 0 aliphatic carbocycles. The number of hydrogen-bond acceptors (Lipinski definition) is 1. The largest absolute Gasteiger partial charge is 0.489 e. The second-order valence-corrected chi connectivity index (χ2v) is 4.46. The number of ether oxygens (including phenoxy) is 1. The van der Waals surface area contributed by atoms with E-state index in [4.69, 9.17) is 27.9 Å². The Morgan fingerprint density at radius 1 is 1.11 bits per heavy atom. The molecule has 2 aromatic rings. The molecule has 0 atom stereocenters. The van der Waals surface area contributed by atoms with Crippen LogP contribution in [-0.4, -0.2) is 0 Å². The summed E-state index contributed by atoms with van der Waals surface area (Å²) in [7, 11) is 0. The first-order valence-electron chi connectivity index (χ1n) is 5.41. The van der Waals surface area contributed by atoms with Gasteiger partial charge in [0, 0.05) is 11.4 Å². The Morgan fingerprint density at radius 3 is 2.67 bits per heavy atom. The Hall–Kier alpha value is -1.25. The van der Waals surface area contributed by atoms with Gasteiger partial charge in [-0.3, -0.25) is 0 Å². The minimum Gasteiger partial charge on any atom is -0.489 e. The van der Waals surface area contributed by atoms with E-state index in [9.17, 15) is 4.39 Å². The van der Waals surface area contributed by atoms with Gasteiger partial charge in [-0.05, 0) is 23.8 Å². The van der Waals surface area contributed by atoms with E-state index in [0.29, 0.717) is 17.2 Å². The Kier molecular flexibility index (Phi) is 4.45. The summed E-state index contributed by atoms with van der Waals surface area (Å²) in [4.78, 5) is 0. The Labute approximate surface area is 115 Å². The van der Waals surface area contributed by atoms with E-state index in [0.717, 1.165) is 5.56 Å². The van der Waals surface area contributed by atoms with E-state index < -0.39 is 5.82 Å². The number of alkyl halides is 1. The van der Waals surface area contributed by atoms with Crippen LogP contribution in [-0.2, 0) is 12.5 Å². The Morgan fingerprint density at radius 2 is 1.89 bits per heavy atom. The van der Waals surface area contributed by atoms with Crippen molar-refractivity contribution >= 4 is 23.2 Å². The summed E-state index contributed by atoms with van der Waals surface area (Å²) >= 11 is 11.4. The molecule has 94 valence electrons. The third-order valence-electron chi connectivity index (χ3n) is 2.48. The van der Waals surface area contributed by atoms with Crippen molar-refractivity contribution in [1.29, 1.82) is 0 Å². The van der Waals surface area contributed by atoms with Gasteiger partial charge in [-0.1, -0.05) is 35.9 Å². The molecular formula is C14H11Cl2FO. The molecule has 0 spiro atoms. The molecule has 2 aromatic carbocycles. The van der Waals surface area contributed by atoms with E-state index in [2.05, 4.69) is 0 Å². The smallest absolute Gasteiger partial charge is 0.148 e. The van der Waals surface area contributed by atoms with Crippen LogP contribution in [0.5, 0.6) is 5.75 Å². The number of benzene rings is 2. The lowest BCUT2D eigenvalue weighted by Crippen LogP contribution is -1.99. The Balaban J connectivity index is 2.09. The quantitative estimate of drug-likeness (QED) is 0.733. The van der Waals surface area contributed by atoms with Crippen LogP contribution >= 0.6 is 23.2 Å². The van der Waals surface area contributed by atoms with Crippen LogP contribution in [0, 0.1) is 5.82 Å². The highest BCUT2D eigenvalue weighted by Crippen LogP contribution is 2.21. The van der Waals surface area contributed by atoms with Crippen molar-refractivity contribution in [2.45, 2.75) is 12.5 Å². The molecule has 1 nitrogen and oxygen atoms in total. The summed E-state index contributed by atoms with van der Waals surface area (Å²) in [6.45, 7) is 0.137. The van der Waals surface area contributed by atoms with Gasteiger partial charge >= 0.3 is 0 Å². The summed E-state index contributed by atoms with van der Waals surface area (Å²) in [5.41, 5.74) is 1.39. The van der Waals surface area contributed by atoms with E-state index in [1.165, 1.54) is 6.07 Å². The van der Waals surface area contributed by atoms with Crippen LogP contribution in [0.2, 0.25) is 5.02 Å². The van der Waals surface area contributed by atoms with Crippen molar-refractivity contribution in [3.63, 3.8) is 0 Å². The topological polar surface area (TPSA) is 9.23 Å². The molecule has 0 saturated carbocycles. The van der Waals surface area contributed by atoms with E-state index >= 15 is 0 Å². The van der Waals surface area contributed by atoms with Gasteiger partial charge in [0.15, 0.2) is 0 Å². The van der Waals surface area contributed by atoms with Crippen molar-refractivity contribution < 1.29 is 9.13 Å². The maximum absolute atomic E-state index is 13.6. The van der Waals surface area contributed by atoms with Gasteiger partial charge in [-0.2, -0.15) is 0 Å². The minimum absolute atomic E-state index is 0.102. The van der Waals surface area contributed by atoms with Gasteiger partial charge in [-0.15, -0.1) is 11.6 Å². The fourth-order valence-electron chi connectivity index (χ4n) is 1.54. The lowest BCUT2D eigenvalue weighted by atomic mass is 10.2. The van der Waals surface area contributed by atoms with Gasteiger partial charge in [0.05, 0.1) is 5.02 Å². The number of rotatable bonds is 4. The van der Waals surface area contributed by atoms with Gasteiger partial charge < -0.3 is 4.74 Å². The second-order valence-electron chi connectivity index (χ2n) is 3.78. The molecule has 0 radical (unpaired) electrons. The zero-order chi connectivity index (χ0) is 13.0. The molecule has 0 unspecified atom stereocenters. The second kappa shape index (κ2) is 6.07. The third-order valence-corrected chi connectivity index (χ3v) is 3.08. The van der Waals surface area contributed by atoms with Crippen LogP contribution in [0.3, 0.4) is 0 Å². The third kappa shape index (κ3) is 3.15. The van der Waals surface area contributed by atoms with Crippen LogP contribution < -0.4 is 4.74 Å². The Bertz CT molecular complexity index is 543. The molecule has 4 heteroatoms. The SMILES string of the molecule is Fc1c(Cl)cccc1COc1cccc(CCl)c1. The monoisotopic (exact) mass is 284 g/mol. The summed E-state index contributed by atoms with van der Waals surface area (Å²) in [5, 5.41) is 0.102. The molecule has 2 rings (SSSR count). The van der Waals surface area contributed by atoms with Gasteiger partial charge in [0.25, 0.3) is 0 Å². The minimum atomic E-state index is -0.437. The van der Waals surface area contributed by atoms with E-state index in [-0.39, 0.29) is 11.6 Å². The summed E-state index contributed by atoms with van der Waals surface area (Å²) in [6, 6.07) is 12.2. The van der Waals surface area contributed by atoms with Crippen molar-refractivity contribution in [2.24, 2.45) is 0 Å². The first-order valence-corrected chi connectivity index (χ1v) is 6.32. The van der Waals surface area contributed by atoms with Crippen molar-refractivity contribution in [1.82, 2.24) is 0 Å². The molecule has 0 aromatic heterocycles. The first kappa shape index (κ1) is 13.2. The normalized spacial score (nSPS) is 10.4. The predicted octanol–water partition coefficient (Wildman–Crippen LogP) is 4.80. The number of halogens is 3. The lowest BCUT2D eigenvalue weighted by molar-refractivity contribution is 0.299. The van der Waals surface area contributed by atoms with E-state index in [1.807, 2.05) is 18.2 Å². The molecular weight excluding hydrogens is 274 g/mol. The molecule has 0 heterocycles. The standard InChI is InChI=1S/C14H11Cl2FO/c15-8-10-3-1-5-12(7-10)18-9-11-4-2-6-13(16)14(11)17/h1-7H,8-9H2. The predicted molar refractivity (Wildman–Crippen MR) is 71.7 cm³/mol. The molecule has 0 aliphatic heterocycles. The molecule has 0 bridgehead atoms. The zero-order valence-electron chi connectivity index (χ0n) is 9.50. The fraction of sp³-hybridized carbons (Fsp3) is 0.143. The fourth-order valence-corrected chi connectivity index (χ4v) is 1.90. The number of hydrogen-bond donors (Lipinski definition) is 0. The van der Waals surface area contributed by atoms with Gasteiger partial charge in [0.1, 0.15) is 18.2 Å². The summed E-state index contributed by atoms with van der Waals surface area (Å²) in [5.74, 6) is 0.642. The molecule has 0 N–H and O–H groups in total. The van der Waals surface area contributed by atoms with Gasteiger partial charge in [0.2, 0.25) is 0 Å². The maximum atomic E-state index is 13.6. The highest BCUT2D eigenvalue weighted by molar-refractivity contribution is 6.30. The first-order chi connectivity index (χ1) is 8.70. The summed E-state index contributed by atoms with van der Waals surface area (Å²) in [6.07, 6.45) is 0. The average molecular weight is 285 g/mol. The highest BCUT2D eigenvalue weighted by atomic mass is 35.5. The molecule has 18 heavy (non-hydrogen) atoms. The molecule has 0 saturated heterocycles. The summed E-state index contributed by atoms with van der Waals surface area (Å²) < 4.78 is 19.1. The lowest BCUT2D eigenvalue weighted by Gasteiger charge is -2.08. The van der Waals surface area contributed by atoms with Crippen molar-refractivity contribution in [3.8, 4) is 5.75 Å². The van der Waals surface area contributed by atoms with Crippen LogP contribution in [0.4, 0.5) is 4.39 Å². The van der Waals surface area contributed by atoms with Crippen LogP contribution in [0.25, 0.3) is 0 Å².